The molecule has 1 heterocycles. The number of carbonyl (C=O) groups is 1. The number of nitrogens with one attached hydrogen (secondary N) is 1. The molecule has 23 heavy (non-hydrogen) atoms. The quantitative estimate of drug-likeness (QED) is 0.841. The highest BCUT2D eigenvalue weighted by Crippen LogP contribution is 2.35. The van der Waals surface area contributed by atoms with Crippen LogP contribution in [0.3, 0.4) is 0 Å². The van der Waals surface area contributed by atoms with Crippen LogP contribution in [-0.2, 0) is 0 Å². The van der Waals surface area contributed by atoms with E-state index in [9.17, 15) is 18.7 Å². The van der Waals surface area contributed by atoms with Crippen LogP contribution in [0.5, 0.6) is 5.88 Å². The minimum Gasteiger partial charge on any atom is -0.472 e. The molecule has 128 valence electrons. The van der Waals surface area contributed by atoms with Crippen molar-refractivity contribution in [2.75, 3.05) is 13.2 Å². The van der Waals surface area contributed by atoms with Crippen LogP contribution in [0.2, 0.25) is 0 Å². The molecule has 2 N–H and O–H groups in total. The maximum Gasteiger partial charge on any atom is 0.272 e. The van der Waals surface area contributed by atoms with Crippen LogP contribution in [0, 0.1) is 5.41 Å². The van der Waals surface area contributed by atoms with Gasteiger partial charge >= 0.3 is 0 Å². The monoisotopic (exact) mass is 328 g/mol. The zero-order valence-electron chi connectivity index (χ0n) is 13.1. The molecule has 1 aromatic rings. The number of aliphatic hydroxyl groups is 1. The number of alkyl halides is 2. The second-order valence-electron chi connectivity index (χ2n) is 6.18. The van der Waals surface area contributed by atoms with Crippen molar-refractivity contribution in [3.05, 3.63) is 23.9 Å². The first kappa shape index (κ1) is 17.6. The Kier molecular flexibility index (Phi) is 5.87. The first-order valence-electron chi connectivity index (χ1n) is 7.74. The van der Waals surface area contributed by atoms with E-state index in [-0.39, 0.29) is 22.8 Å². The van der Waals surface area contributed by atoms with Crippen molar-refractivity contribution in [1.29, 1.82) is 0 Å². The number of hydrogen-bond acceptors (Lipinski definition) is 4. The molecule has 1 aliphatic carbocycles. The molecule has 2 atom stereocenters. The largest absolute Gasteiger partial charge is 0.472 e. The fraction of sp³-hybridized carbons (Fsp3) is 0.625. The smallest absolute Gasteiger partial charge is 0.272 e. The van der Waals surface area contributed by atoms with Crippen molar-refractivity contribution in [2.24, 2.45) is 5.41 Å². The SMILES string of the molecule is CC1(CNC(=O)c2ccnc(OCC(F)F)c2)CCCCC1O. The minimum absolute atomic E-state index is 0.0122. The average Bonchev–Trinajstić information content (AvgIpc) is 2.54. The molecule has 2 rings (SSSR count). The lowest BCUT2D eigenvalue weighted by atomic mass is 9.73. The van der Waals surface area contributed by atoms with Gasteiger partial charge in [0.25, 0.3) is 12.3 Å². The molecule has 0 spiro atoms. The van der Waals surface area contributed by atoms with E-state index in [0.29, 0.717) is 6.54 Å². The van der Waals surface area contributed by atoms with Crippen molar-refractivity contribution in [1.82, 2.24) is 10.3 Å². The molecule has 0 aliphatic heterocycles. The van der Waals surface area contributed by atoms with E-state index in [1.54, 1.807) is 0 Å². The summed E-state index contributed by atoms with van der Waals surface area (Å²) in [5.74, 6) is -0.352. The van der Waals surface area contributed by atoms with Crippen LogP contribution in [0.15, 0.2) is 18.3 Å². The van der Waals surface area contributed by atoms with Crippen molar-refractivity contribution in [2.45, 2.75) is 45.1 Å². The highest BCUT2D eigenvalue weighted by Gasteiger charge is 2.35. The second-order valence-corrected chi connectivity index (χ2v) is 6.18. The van der Waals surface area contributed by atoms with Gasteiger partial charge in [0.2, 0.25) is 5.88 Å². The van der Waals surface area contributed by atoms with E-state index in [1.807, 2.05) is 6.92 Å². The maximum absolute atomic E-state index is 12.2. The molecule has 1 fully saturated rings. The summed E-state index contributed by atoms with van der Waals surface area (Å²) in [6, 6.07) is 2.82. The van der Waals surface area contributed by atoms with E-state index in [0.717, 1.165) is 25.7 Å². The Morgan fingerprint density at radius 1 is 1.57 bits per heavy atom. The number of aromatic nitrogens is 1. The summed E-state index contributed by atoms with van der Waals surface area (Å²) in [6.45, 7) is 1.56. The molecule has 1 amide bonds. The lowest BCUT2D eigenvalue weighted by molar-refractivity contribution is 0.00190. The maximum atomic E-state index is 12.2. The average molecular weight is 328 g/mol. The number of halogens is 2. The Morgan fingerprint density at radius 2 is 2.35 bits per heavy atom. The summed E-state index contributed by atoms with van der Waals surface area (Å²) in [7, 11) is 0. The Morgan fingerprint density at radius 3 is 3.04 bits per heavy atom. The zero-order valence-corrected chi connectivity index (χ0v) is 13.1. The topological polar surface area (TPSA) is 71.5 Å². The van der Waals surface area contributed by atoms with Gasteiger partial charge in [0.1, 0.15) is 0 Å². The van der Waals surface area contributed by atoms with Gasteiger partial charge in [-0.3, -0.25) is 4.79 Å². The predicted octanol–water partition coefficient (Wildman–Crippen LogP) is 2.40. The second kappa shape index (κ2) is 7.68. The zero-order chi connectivity index (χ0) is 16.9. The van der Waals surface area contributed by atoms with Gasteiger partial charge in [-0.05, 0) is 18.9 Å². The van der Waals surface area contributed by atoms with E-state index in [4.69, 9.17) is 4.74 Å². The summed E-state index contributed by atoms with van der Waals surface area (Å²) >= 11 is 0. The number of nitrogens with zero attached hydrogens (tertiary/aromatic N) is 1. The molecule has 2 unspecified atom stereocenters. The Bertz CT molecular complexity index is 542. The summed E-state index contributed by atoms with van der Waals surface area (Å²) in [4.78, 5) is 16.0. The van der Waals surface area contributed by atoms with Gasteiger partial charge in [0.15, 0.2) is 6.61 Å². The van der Waals surface area contributed by atoms with Gasteiger partial charge in [-0.1, -0.05) is 19.8 Å². The number of ether oxygens (including phenoxy) is 1. The molecule has 1 aliphatic rings. The van der Waals surface area contributed by atoms with Gasteiger partial charge in [0.05, 0.1) is 6.10 Å². The van der Waals surface area contributed by atoms with Crippen LogP contribution in [0.25, 0.3) is 0 Å². The molecule has 0 aromatic carbocycles. The predicted molar refractivity (Wildman–Crippen MR) is 80.7 cm³/mol. The van der Waals surface area contributed by atoms with Crippen molar-refractivity contribution >= 4 is 5.91 Å². The highest BCUT2D eigenvalue weighted by molar-refractivity contribution is 5.94. The third-order valence-electron chi connectivity index (χ3n) is 4.29. The molecular weight excluding hydrogens is 306 g/mol. The van der Waals surface area contributed by atoms with Crippen LogP contribution in [-0.4, -0.2) is 41.7 Å². The number of carbonyl (C=O) groups excluding carboxylic acids is 1. The lowest BCUT2D eigenvalue weighted by Crippen LogP contribution is -2.45. The van der Waals surface area contributed by atoms with E-state index < -0.39 is 19.1 Å². The number of hydrogen-bond donors (Lipinski definition) is 2. The number of pyridine rings is 1. The van der Waals surface area contributed by atoms with Crippen molar-refractivity contribution in [3.63, 3.8) is 0 Å². The summed E-state index contributed by atoms with van der Waals surface area (Å²) in [5, 5.41) is 12.9. The fourth-order valence-corrected chi connectivity index (χ4v) is 2.75. The minimum atomic E-state index is -2.60. The molecule has 0 radical (unpaired) electrons. The summed E-state index contributed by atoms with van der Waals surface area (Å²) in [5.41, 5.74) is -0.0474. The van der Waals surface area contributed by atoms with Crippen LogP contribution < -0.4 is 10.1 Å². The third-order valence-corrected chi connectivity index (χ3v) is 4.29. The van der Waals surface area contributed by atoms with Gasteiger partial charge in [0, 0.05) is 29.8 Å². The van der Waals surface area contributed by atoms with Crippen molar-refractivity contribution in [3.8, 4) is 5.88 Å². The van der Waals surface area contributed by atoms with Gasteiger partial charge in [-0.2, -0.15) is 0 Å². The molecule has 5 nitrogen and oxygen atoms in total. The van der Waals surface area contributed by atoms with Gasteiger partial charge < -0.3 is 15.2 Å². The van der Waals surface area contributed by atoms with E-state index in [2.05, 4.69) is 10.3 Å². The Hall–Kier alpha value is -1.76. The fourth-order valence-electron chi connectivity index (χ4n) is 2.75. The highest BCUT2D eigenvalue weighted by atomic mass is 19.3. The van der Waals surface area contributed by atoms with Crippen LogP contribution >= 0.6 is 0 Å². The molecule has 0 saturated heterocycles. The Balaban J connectivity index is 1.94. The van der Waals surface area contributed by atoms with E-state index >= 15 is 0 Å². The normalized spacial score (nSPS) is 24.5. The van der Waals surface area contributed by atoms with Gasteiger partial charge in [-0.15, -0.1) is 0 Å². The number of amides is 1. The molecule has 7 heteroatoms. The molecule has 0 bridgehead atoms. The van der Waals surface area contributed by atoms with E-state index in [1.165, 1.54) is 18.3 Å². The number of aliphatic hydroxyl groups excluding tert-OH is 1. The summed E-state index contributed by atoms with van der Waals surface area (Å²) in [6.07, 6.45) is 1.94. The standard InChI is InChI=1S/C16H22F2N2O3/c1-16(6-3-2-4-12(16)21)10-20-15(22)11-5-7-19-14(8-11)23-9-13(17)18/h5,7-8,12-13,21H,2-4,6,9-10H2,1H3,(H,20,22). The van der Waals surface area contributed by atoms with Crippen molar-refractivity contribution < 1.29 is 23.4 Å². The van der Waals surface area contributed by atoms with Gasteiger partial charge in [-0.25, -0.2) is 13.8 Å². The first-order valence-corrected chi connectivity index (χ1v) is 7.74. The molecule has 1 aromatic heterocycles. The summed E-state index contributed by atoms with van der Waals surface area (Å²) < 4.78 is 29.1. The first-order chi connectivity index (χ1) is 10.9. The van der Waals surface area contributed by atoms with Crippen LogP contribution in [0.1, 0.15) is 43.0 Å². The third kappa shape index (κ3) is 4.86. The Labute approximate surface area is 134 Å². The molecule has 1 saturated carbocycles. The van der Waals surface area contributed by atoms with Crippen LogP contribution in [0.4, 0.5) is 8.78 Å². The lowest BCUT2D eigenvalue weighted by Gasteiger charge is -2.38. The number of rotatable bonds is 6. The molecular formula is C16H22F2N2O3.